The molecule has 1 aliphatic rings. The van der Waals surface area contributed by atoms with Gasteiger partial charge in [-0.25, -0.2) is 9.78 Å². The molecule has 3 rings (SSSR count). The number of hydrogen-bond acceptors (Lipinski definition) is 4. The topological polar surface area (TPSA) is 67.2 Å². The molecule has 0 radical (unpaired) electrons. The zero-order valence-electron chi connectivity index (χ0n) is 12.7. The van der Waals surface area contributed by atoms with Crippen molar-refractivity contribution >= 4 is 17.4 Å². The van der Waals surface area contributed by atoms with Gasteiger partial charge in [-0.1, -0.05) is 25.8 Å². The number of hydrogen-bond donors (Lipinski definition) is 2. The van der Waals surface area contributed by atoms with E-state index in [1.54, 1.807) is 17.6 Å². The van der Waals surface area contributed by atoms with E-state index in [4.69, 9.17) is 4.42 Å². The largest absolute Gasteiger partial charge is 0.443 e. The molecule has 1 saturated carbocycles. The van der Waals surface area contributed by atoms with Crippen LogP contribution in [0, 0.1) is 5.92 Å². The smallest absolute Gasteiger partial charge is 0.315 e. The number of nitrogens with one attached hydrogen (secondary N) is 2. The van der Waals surface area contributed by atoms with E-state index in [9.17, 15) is 4.79 Å². The summed E-state index contributed by atoms with van der Waals surface area (Å²) in [5.41, 5.74) is 0.732. The zero-order chi connectivity index (χ0) is 15.4. The molecule has 2 N–H and O–H groups in total. The fourth-order valence-corrected chi connectivity index (χ4v) is 3.48. The Morgan fingerprint density at radius 3 is 3.09 bits per heavy atom. The Morgan fingerprint density at radius 2 is 2.32 bits per heavy atom. The lowest BCUT2D eigenvalue weighted by atomic mass is 9.86. The molecule has 0 aliphatic heterocycles. The quantitative estimate of drug-likeness (QED) is 0.901. The minimum atomic E-state index is -0.126. The van der Waals surface area contributed by atoms with Crippen LogP contribution in [-0.2, 0) is 6.54 Å². The van der Waals surface area contributed by atoms with E-state index in [0.717, 1.165) is 17.0 Å². The van der Waals surface area contributed by atoms with Gasteiger partial charge < -0.3 is 15.1 Å². The summed E-state index contributed by atoms with van der Waals surface area (Å²) in [7, 11) is 0. The fraction of sp³-hybridized carbons (Fsp3) is 0.500. The summed E-state index contributed by atoms with van der Waals surface area (Å²) < 4.78 is 5.44. The predicted octanol–water partition coefficient (Wildman–Crippen LogP) is 3.78. The highest BCUT2D eigenvalue weighted by Crippen LogP contribution is 2.24. The minimum Gasteiger partial charge on any atom is -0.443 e. The highest BCUT2D eigenvalue weighted by atomic mass is 32.1. The van der Waals surface area contributed by atoms with Gasteiger partial charge in [-0.3, -0.25) is 0 Å². The van der Waals surface area contributed by atoms with Crippen molar-refractivity contribution in [3.05, 3.63) is 29.5 Å². The average molecular weight is 319 g/mol. The number of carbonyl (C=O) groups is 1. The number of aromatic nitrogens is 1. The molecular weight excluding hydrogens is 298 g/mol. The summed E-state index contributed by atoms with van der Waals surface area (Å²) in [6, 6.07) is 4.08. The van der Waals surface area contributed by atoms with Gasteiger partial charge in [0.15, 0.2) is 0 Å². The van der Waals surface area contributed by atoms with Crippen LogP contribution < -0.4 is 10.6 Å². The minimum absolute atomic E-state index is 0.126. The average Bonchev–Trinajstić information content (AvgIpc) is 3.18. The molecule has 0 unspecified atom stereocenters. The third-order valence-electron chi connectivity index (χ3n) is 4.14. The highest BCUT2D eigenvalue weighted by Gasteiger charge is 2.22. The molecule has 6 heteroatoms. The van der Waals surface area contributed by atoms with Gasteiger partial charge in [0, 0.05) is 6.04 Å². The third-order valence-corrected chi connectivity index (χ3v) is 5.00. The normalized spacial score (nSPS) is 21.5. The van der Waals surface area contributed by atoms with Crippen LogP contribution in [0.3, 0.4) is 0 Å². The molecule has 1 fully saturated rings. The second-order valence-electron chi connectivity index (χ2n) is 5.82. The molecule has 5 nitrogen and oxygen atoms in total. The molecule has 1 aliphatic carbocycles. The second-order valence-corrected chi connectivity index (χ2v) is 6.76. The molecule has 2 aromatic heterocycles. The number of thiophene rings is 1. The first kappa shape index (κ1) is 15.1. The van der Waals surface area contributed by atoms with E-state index < -0.39 is 0 Å². The first-order chi connectivity index (χ1) is 10.7. The van der Waals surface area contributed by atoms with Gasteiger partial charge >= 0.3 is 6.03 Å². The molecule has 2 atom stereocenters. The highest BCUT2D eigenvalue weighted by molar-refractivity contribution is 7.13. The Labute approximate surface area is 134 Å². The zero-order valence-corrected chi connectivity index (χ0v) is 13.5. The van der Waals surface area contributed by atoms with E-state index in [0.29, 0.717) is 18.4 Å². The Hall–Kier alpha value is -1.82. The van der Waals surface area contributed by atoms with Gasteiger partial charge in [0.2, 0.25) is 5.89 Å². The third kappa shape index (κ3) is 3.68. The van der Waals surface area contributed by atoms with Crippen LogP contribution in [0.25, 0.3) is 10.8 Å². The molecule has 0 aromatic carbocycles. The van der Waals surface area contributed by atoms with E-state index in [1.807, 2.05) is 17.5 Å². The van der Waals surface area contributed by atoms with Gasteiger partial charge in [-0.2, -0.15) is 0 Å². The van der Waals surface area contributed by atoms with Crippen molar-refractivity contribution in [3.8, 4) is 10.8 Å². The van der Waals surface area contributed by atoms with Crippen LogP contribution in [0.4, 0.5) is 4.79 Å². The number of rotatable bonds is 4. The summed E-state index contributed by atoms with van der Waals surface area (Å²) in [6.45, 7) is 2.58. The molecular formula is C16H21N3O2S. The number of oxazole rings is 1. The predicted molar refractivity (Wildman–Crippen MR) is 86.6 cm³/mol. The Bertz CT molecular complexity index is 609. The van der Waals surface area contributed by atoms with Crippen LogP contribution in [0.5, 0.6) is 0 Å². The SMILES string of the molecule is C[C@@H]1CCCC[C@@H]1NC(=O)NCc1coc(-c2cccs2)n1. The van der Waals surface area contributed by atoms with Crippen molar-refractivity contribution in [2.24, 2.45) is 5.92 Å². The van der Waals surface area contributed by atoms with E-state index in [-0.39, 0.29) is 12.1 Å². The molecule has 2 aromatic rings. The van der Waals surface area contributed by atoms with Crippen LogP contribution >= 0.6 is 11.3 Å². The van der Waals surface area contributed by atoms with Crippen molar-refractivity contribution in [2.75, 3.05) is 0 Å². The van der Waals surface area contributed by atoms with Crippen molar-refractivity contribution in [1.82, 2.24) is 15.6 Å². The van der Waals surface area contributed by atoms with Gasteiger partial charge in [-0.05, 0) is 30.2 Å². The molecule has 2 heterocycles. The van der Waals surface area contributed by atoms with Crippen LogP contribution in [0.1, 0.15) is 38.3 Å². The molecule has 22 heavy (non-hydrogen) atoms. The van der Waals surface area contributed by atoms with Gasteiger partial charge in [-0.15, -0.1) is 11.3 Å². The second kappa shape index (κ2) is 6.96. The summed E-state index contributed by atoms with van der Waals surface area (Å²) in [5.74, 6) is 1.16. The molecule has 2 amide bonds. The molecule has 118 valence electrons. The maximum atomic E-state index is 12.0. The first-order valence-corrected chi connectivity index (χ1v) is 8.63. The Balaban J connectivity index is 1.49. The van der Waals surface area contributed by atoms with Crippen molar-refractivity contribution in [2.45, 2.75) is 45.2 Å². The monoisotopic (exact) mass is 319 g/mol. The van der Waals surface area contributed by atoms with E-state index in [2.05, 4.69) is 22.5 Å². The van der Waals surface area contributed by atoms with Crippen LogP contribution in [-0.4, -0.2) is 17.1 Å². The molecule has 0 saturated heterocycles. The Kier molecular flexibility index (Phi) is 4.77. The maximum Gasteiger partial charge on any atom is 0.315 e. The number of amides is 2. The fourth-order valence-electron chi connectivity index (χ4n) is 2.82. The standard InChI is InChI=1S/C16H21N3O2S/c1-11-5-2-3-6-13(11)19-16(20)17-9-12-10-21-15(18-12)14-7-4-8-22-14/h4,7-8,10-11,13H,2-3,5-6,9H2,1H3,(H2,17,19,20)/t11-,13+/m1/s1. The lowest BCUT2D eigenvalue weighted by molar-refractivity contribution is 0.221. The van der Waals surface area contributed by atoms with Crippen molar-refractivity contribution in [3.63, 3.8) is 0 Å². The van der Waals surface area contributed by atoms with Gasteiger partial charge in [0.25, 0.3) is 0 Å². The lowest BCUT2D eigenvalue weighted by Gasteiger charge is -2.29. The van der Waals surface area contributed by atoms with Crippen molar-refractivity contribution in [1.29, 1.82) is 0 Å². The molecule has 0 bridgehead atoms. The van der Waals surface area contributed by atoms with E-state index in [1.165, 1.54) is 19.3 Å². The summed E-state index contributed by atoms with van der Waals surface area (Å²) in [5, 5.41) is 7.91. The lowest BCUT2D eigenvalue weighted by Crippen LogP contribution is -2.45. The Morgan fingerprint density at radius 1 is 1.45 bits per heavy atom. The number of carbonyl (C=O) groups excluding carboxylic acids is 1. The van der Waals surface area contributed by atoms with Crippen LogP contribution in [0.2, 0.25) is 0 Å². The number of urea groups is 1. The van der Waals surface area contributed by atoms with Crippen LogP contribution in [0.15, 0.2) is 28.2 Å². The first-order valence-electron chi connectivity index (χ1n) is 7.75. The van der Waals surface area contributed by atoms with E-state index >= 15 is 0 Å². The van der Waals surface area contributed by atoms with Gasteiger partial charge in [0.1, 0.15) is 6.26 Å². The number of nitrogens with zero attached hydrogens (tertiary/aromatic N) is 1. The maximum absolute atomic E-state index is 12.0. The summed E-state index contributed by atoms with van der Waals surface area (Å²) >= 11 is 1.58. The summed E-state index contributed by atoms with van der Waals surface area (Å²) in [6.07, 6.45) is 6.33. The van der Waals surface area contributed by atoms with Crippen molar-refractivity contribution < 1.29 is 9.21 Å². The summed E-state index contributed by atoms with van der Waals surface area (Å²) in [4.78, 5) is 17.4. The van der Waals surface area contributed by atoms with Gasteiger partial charge in [0.05, 0.1) is 17.1 Å². The molecule has 0 spiro atoms.